The van der Waals surface area contributed by atoms with Gasteiger partial charge in [-0.3, -0.25) is 0 Å². The summed E-state index contributed by atoms with van der Waals surface area (Å²) in [4.78, 5) is 17.4. The summed E-state index contributed by atoms with van der Waals surface area (Å²) in [6.07, 6.45) is 3.39. The molecule has 0 radical (unpaired) electrons. The highest BCUT2D eigenvalue weighted by atomic mass is 16.4. The van der Waals surface area contributed by atoms with Gasteiger partial charge in [0.05, 0.1) is 0 Å². The first kappa shape index (κ1) is 11.9. The van der Waals surface area contributed by atoms with Gasteiger partial charge in [-0.05, 0) is 38.3 Å². The molecule has 1 aliphatic heterocycles. The number of rotatable bonds is 3. The van der Waals surface area contributed by atoms with Crippen LogP contribution in [0.25, 0.3) is 0 Å². The van der Waals surface area contributed by atoms with E-state index in [0.717, 1.165) is 25.1 Å². The van der Waals surface area contributed by atoms with Gasteiger partial charge in [-0.2, -0.15) is 0 Å². The van der Waals surface area contributed by atoms with Crippen LogP contribution in [0.1, 0.15) is 43.6 Å². The maximum atomic E-state index is 10.9. The van der Waals surface area contributed by atoms with Gasteiger partial charge in [0.15, 0.2) is 5.69 Å². The molecule has 0 amide bonds. The van der Waals surface area contributed by atoms with E-state index in [-0.39, 0.29) is 5.69 Å². The van der Waals surface area contributed by atoms with Crippen molar-refractivity contribution < 1.29 is 9.90 Å². The molecule has 1 aliphatic rings. The van der Waals surface area contributed by atoms with Gasteiger partial charge in [0, 0.05) is 12.1 Å². The maximum Gasteiger partial charge on any atom is 0.354 e. The third-order valence-corrected chi connectivity index (χ3v) is 3.48. The van der Waals surface area contributed by atoms with Gasteiger partial charge in [-0.1, -0.05) is 13.0 Å². The Morgan fingerprint density at radius 2 is 2.29 bits per heavy atom. The summed E-state index contributed by atoms with van der Waals surface area (Å²) in [5.41, 5.74) is 0.122. The first-order chi connectivity index (χ1) is 8.13. The average Bonchev–Trinajstić information content (AvgIpc) is 2.70. The summed E-state index contributed by atoms with van der Waals surface area (Å²) in [6, 6.07) is 6.13. The minimum absolute atomic E-state index is 0.122. The van der Waals surface area contributed by atoms with Crippen LogP contribution in [0.15, 0.2) is 18.2 Å². The second-order valence-electron chi connectivity index (χ2n) is 4.58. The van der Waals surface area contributed by atoms with Gasteiger partial charge in [0.25, 0.3) is 0 Å². The summed E-state index contributed by atoms with van der Waals surface area (Å²) in [5, 5.41) is 8.96. The molecule has 1 aromatic rings. The molecule has 0 aromatic carbocycles. The lowest BCUT2D eigenvalue weighted by Crippen LogP contribution is -2.35. The molecule has 1 saturated heterocycles. The van der Waals surface area contributed by atoms with Crippen LogP contribution in [0.3, 0.4) is 0 Å². The number of aromatic carboxylic acids is 1. The quantitative estimate of drug-likeness (QED) is 0.873. The van der Waals surface area contributed by atoms with Crippen molar-refractivity contribution in [1.82, 2.24) is 4.98 Å². The molecule has 0 spiro atoms. The van der Waals surface area contributed by atoms with Crippen LogP contribution in [-0.2, 0) is 0 Å². The molecule has 17 heavy (non-hydrogen) atoms. The van der Waals surface area contributed by atoms with E-state index in [1.807, 2.05) is 6.07 Å². The molecular weight excluding hydrogens is 216 g/mol. The van der Waals surface area contributed by atoms with Gasteiger partial charge >= 0.3 is 5.97 Å². The first-order valence-corrected chi connectivity index (χ1v) is 6.12. The van der Waals surface area contributed by atoms with Crippen molar-refractivity contribution in [1.29, 1.82) is 0 Å². The van der Waals surface area contributed by atoms with E-state index < -0.39 is 5.97 Å². The third kappa shape index (κ3) is 2.25. The molecule has 1 N–H and O–H groups in total. The predicted octanol–water partition coefficient (Wildman–Crippen LogP) is 2.55. The molecule has 2 unspecified atom stereocenters. The molecule has 1 fully saturated rings. The smallest absolute Gasteiger partial charge is 0.354 e. The minimum Gasteiger partial charge on any atom is -0.477 e. The lowest BCUT2D eigenvalue weighted by molar-refractivity contribution is 0.0690. The average molecular weight is 234 g/mol. The largest absolute Gasteiger partial charge is 0.477 e. The molecule has 92 valence electrons. The van der Waals surface area contributed by atoms with E-state index in [1.54, 1.807) is 6.07 Å². The zero-order valence-corrected chi connectivity index (χ0v) is 10.3. The van der Waals surface area contributed by atoms with Crippen molar-refractivity contribution in [3.05, 3.63) is 23.9 Å². The molecule has 2 rings (SSSR count). The van der Waals surface area contributed by atoms with Gasteiger partial charge in [-0.15, -0.1) is 0 Å². The Balaban J connectivity index is 2.32. The molecule has 4 heteroatoms. The van der Waals surface area contributed by atoms with Crippen LogP contribution in [-0.4, -0.2) is 28.1 Å². The fraction of sp³-hybridized carbons (Fsp3) is 0.538. The van der Waals surface area contributed by atoms with E-state index in [2.05, 4.69) is 23.7 Å². The highest BCUT2D eigenvalue weighted by Gasteiger charge is 2.30. The third-order valence-electron chi connectivity index (χ3n) is 3.48. The summed E-state index contributed by atoms with van der Waals surface area (Å²) in [7, 11) is 0. The standard InChI is InChI=1S/C13H18N2O2/c1-3-10-8-7-9(2)15(10)12-6-4-5-11(14-12)13(16)17/h4-6,9-10H,3,7-8H2,1-2H3,(H,16,17). The normalized spacial score (nSPS) is 24.0. The molecule has 0 aliphatic carbocycles. The van der Waals surface area contributed by atoms with Crippen LogP contribution in [0.2, 0.25) is 0 Å². The van der Waals surface area contributed by atoms with Gasteiger partial charge in [0.2, 0.25) is 0 Å². The van der Waals surface area contributed by atoms with Crippen molar-refractivity contribution in [2.24, 2.45) is 0 Å². The van der Waals surface area contributed by atoms with E-state index in [0.29, 0.717) is 12.1 Å². The Morgan fingerprint density at radius 1 is 1.53 bits per heavy atom. The Kier molecular flexibility index (Phi) is 3.31. The second kappa shape index (κ2) is 4.73. The summed E-state index contributed by atoms with van der Waals surface area (Å²) in [6.45, 7) is 4.33. The molecule has 1 aromatic heterocycles. The molecule has 2 atom stereocenters. The van der Waals surface area contributed by atoms with Crippen LogP contribution >= 0.6 is 0 Å². The zero-order valence-electron chi connectivity index (χ0n) is 10.3. The summed E-state index contributed by atoms with van der Waals surface area (Å²) in [5.74, 6) is -0.173. The van der Waals surface area contributed by atoms with Crippen LogP contribution in [0, 0.1) is 0 Å². The lowest BCUT2D eigenvalue weighted by Gasteiger charge is -2.29. The minimum atomic E-state index is -0.966. The number of nitrogens with zero attached hydrogens (tertiary/aromatic N) is 2. The molecule has 0 bridgehead atoms. The summed E-state index contributed by atoms with van der Waals surface area (Å²) < 4.78 is 0. The van der Waals surface area contributed by atoms with E-state index in [9.17, 15) is 4.79 Å². The van der Waals surface area contributed by atoms with Crippen LogP contribution < -0.4 is 4.90 Å². The fourth-order valence-electron chi connectivity index (χ4n) is 2.57. The molecular formula is C13H18N2O2. The lowest BCUT2D eigenvalue weighted by atomic mass is 10.1. The zero-order chi connectivity index (χ0) is 12.4. The van der Waals surface area contributed by atoms with Crippen molar-refractivity contribution in [2.45, 2.75) is 45.2 Å². The van der Waals surface area contributed by atoms with Crippen molar-refractivity contribution in [3.63, 3.8) is 0 Å². The van der Waals surface area contributed by atoms with Crippen LogP contribution in [0.4, 0.5) is 5.82 Å². The Hall–Kier alpha value is -1.58. The van der Waals surface area contributed by atoms with Crippen LogP contribution in [0.5, 0.6) is 0 Å². The number of hydrogen-bond acceptors (Lipinski definition) is 3. The number of carboxylic acids is 1. The maximum absolute atomic E-state index is 10.9. The summed E-state index contributed by atoms with van der Waals surface area (Å²) >= 11 is 0. The van der Waals surface area contributed by atoms with E-state index >= 15 is 0 Å². The number of carboxylic acid groups (broad SMARTS) is 1. The monoisotopic (exact) mass is 234 g/mol. The van der Waals surface area contributed by atoms with E-state index in [4.69, 9.17) is 5.11 Å². The van der Waals surface area contributed by atoms with Gasteiger partial charge in [0.1, 0.15) is 5.82 Å². The topological polar surface area (TPSA) is 53.4 Å². The highest BCUT2D eigenvalue weighted by Crippen LogP contribution is 2.30. The Bertz CT molecular complexity index is 420. The number of pyridine rings is 1. The molecule has 4 nitrogen and oxygen atoms in total. The molecule has 2 heterocycles. The number of anilines is 1. The second-order valence-corrected chi connectivity index (χ2v) is 4.58. The Labute approximate surface area is 101 Å². The Morgan fingerprint density at radius 3 is 2.94 bits per heavy atom. The fourth-order valence-corrected chi connectivity index (χ4v) is 2.57. The van der Waals surface area contributed by atoms with Crippen molar-refractivity contribution in [2.75, 3.05) is 4.90 Å². The van der Waals surface area contributed by atoms with Gasteiger partial charge in [-0.25, -0.2) is 9.78 Å². The van der Waals surface area contributed by atoms with Gasteiger partial charge < -0.3 is 10.0 Å². The first-order valence-electron chi connectivity index (χ1n) is 6.12. The highest BCUT2D eigenvalue weighted by molar-refractivity contribution is 5.85. The number of aromatic nitrogens is 1. The van der Waals surface area contributed by atoms with Crippen molar-refractivity contribution >= 4 is 11.8 Å². The number of hydrogen-bond donors (Lipinski definition) is 1. The predicted molar refractivity (Wildman–Crippen MR) is 66.5 cm³/mol. The van der Waals surface area contributed by atoms with Crippen molar-refractivity contribution in [3.8, 4) is 0 Å². The SMILES string of the molecule is CCC1CCC(C)N1c1cccc(C(=O)O)n1. The van der Waals surface area contributed by atoms with E-state index in [1.165, 1.54) is 6.07 Å². The molecule has 0 saturated carbocycles. The number of carbonyl (C=O) groups is 1.